The molecule has 250 valence electrons. The quantitative estimate of drug-likeness (QED) is 0.170. The number of rotatable bonds is 5. The Morgan fingerprint density at radius 3 is 1.42 bits per heavy atom. The summed E-state index contributed by atoms with van der Waals surface area (Å²) in [4.78, 5) is 15.5. The van der Waals surface area contributed by atoms with Gasteiger partial charge in [0.25, 0.3) is 0 Å². The van der Waals surface area contributed by atoms with Gasteiger partial charge in [-0.25, -0.2) is 15.0 Å². The van der Waals surface area contributed by atoms with Crippen LogP contribution in [0.15, 0.2) is 176 Å². The number of benzene rings is 8. The molecule has 0 N–H and O–H groups in total. The first kappa shape index (κ1) is 31.1. The van der Waals surface area contributed by atoms with Gasteiger partial charge in [-0.3, -0.25) is 0 Å². The molecule has 1 aliphatic rings. The maximum absolute atomic E-state index is 5.19. The molecule has 0 radical (unpaired) electrons. The molecule has 0 saturated heterocycles. The van der Waals surface area contributed by atoms with Gasteiger partial charge in [0.2, 0.25) is 0 Å². The van der Waals surface area contributed by atoms with Crippen LogP contribution in [0, 0.1) is 0 Å². The van der Waals surface area contributed by atoms with Gasteiger partial charge in [-0.15, -0.1) is 0 Å². The molecule has 3 heteroatoms. The summed E-state index contributed by atoms with van der Waals surface area (Å²) in [7, 11) is 0. The van der Waals surface area contributed by atoms with Crippen molar-refractivity contribution in [3.8, 4) is 67.5 Å². The van der Waals surface area contributed by atoms with E-state index in [2.05, 4.69) is 178 Å². The lowest BCUT2D eigenvalue weighted by Gasteiger charge is -2.22. The lowest BCUT2D eigenvalue weighted by molar-refractivity contribution is 0.661. The number of hydrogen-bond donors (Lipinski definition) is 0. The van der Waals surface area contributed by atoms with E-state index >= 15 is 0 Å². The largest absolute Gasteiger partial charge is 0.208 e. The maximum Gasteiger partial charge on any atom is 0.164 e. The van der Waals surface area contributed by atoms with Crippen LogP contribution in [0.1, 0.15) is 25.0 Å². The smallest absolute Gasteiger partial charge is 0.164 e. The first-order valence-electron chi connectivity index (χ1n) is 18.2. The molecule has 9 aromatic rings. The number of aromatic nitrogens is 3. The van der Waals surface area contributed by atoms with E-state index in [0.717, 1.165) is 38.9 Å². The van der Waals surface area contributed by atoms with Gasteiger partial charge < -0.3 is 0 Å². The number of hydrogen-bond acceptors (Lipinski definition) is 3. The Hall–Kier alpha value is -6.71. The zero-order chi connectivity index (χ0) is 35.5. The van der Waals surface area contributed by atoms with E-state index < -0.39 is 0 Å². The van der Waals surface area contributed by atoms with E-state index in [0.29, 0.717) is 17.5 Å². The fraction of sp³-hybridized carbons (Fsp3) is 0.0600. The molecule has 0 saturated carbocycles. The molecule has 0 atom stereocenters. The molecule has 1 heterocycles. The van der Waals surface area contributed by atoms with Crippen LogP contribution in [0.25, 0.3) is 89.1 Å². The van der Waals surface area contributed by atoms with Crippen LogP contribution in [0.2, 0.25) is 0 Å². The van der Waals surface area contributed by atoms with Crippen molar-refractivity contribution in [3.63, 3.8) is 0 Å². The molecule has 0 amide bonds. The predicted molar refractivity (Wildman–Crippen MR) is 220 cm³/mol. The minimum absolute atomic E-state index is 0.0829. The SMILES string of the molecule is CC1(C)c2ccccc2-c2cc3ccc4ccc(-c5nc(-c6cccc(-c7ccccc7)c6)nc(-c6cccc(-c7ccccc7)c6)n5)cc4c3cc21. The first-order chi connectivity index (χ1) is 26.0. The highest BCUT2D eigenvalue weighted by atomic mass is 15.0. The van der Waals surface area contributed by atoms with Crippen LogP contribution in [-0.2, 0) is 5.41 Å². The lowest BCUT2D eigenvalue weighted by atomic mass is 9.81. The second-order valence-corrected chi connectivity index (χ2v) is 14.5. The third kappa shape index (κ3) is 5.32. The molecular formula is C50H35N3. The molecule has 0 bridgehead atoms. The van der Waals surface area contributed by atoms with Gasteiger partial charge in [0.05, 0.1) is 0 Å². The average Bonchev–Trinajstić information content (AvgIpc) is 3.45. The summed E-state index contributed by atoms with van der Waals surface area (Å²) in [6.45, 7) is 4.68. The summed E-state index contributed by atoms with van der Waals surface area (Å²) in [6.07, 6.45) is 0. The standard InChI is InChI=1S/C50H35N3/c1-50(2)45-22-10-9-21-41(45)44-29-37-25-23-34-24-26-40(30-42(34)43(37)31-46(44)50)49-52-47(38-19-11-17-35(27-38)32-13-5-3-6-14-32)51-48(53-49)39-20-12-18-36(28-39)33-15-7-4-8-16-33/h3-31H,1-2H3. The molecular weight excluding hydrogens is 643 g/mol. The van der Waals surface area contributed by atoms with Crippen LogP contribution >= 0.6 is 0 Å². The Morgan fingerprint density at radius 1 is 0.321 bits per heavy atom. The van der Waals surface area contributed by atoms with Crippen molar-refractivity contribution in [1.29, 1.82) is 0 Å². The highest BCUT2D eigenvalue weighted by molar-refractivity contribution is 6.10. The monoisotopic (exact) mass is 677 g/mol. The van der Waals surface area contributed by atoms with E-state index in [4.69, 9.17) is 15.0 Å². The third-order valence-corrected chi connectivity index (χ3v) is 10.9. The van der Waals surface area contributed by atoms with Crippen molar-refractivity contribution >= 4 is 21.5 Å². The zero-order valence-electron chi connectivity index (χ0n) is 29.6. The van der Waals surface area contributed by atoms with Crippen LogP contribution in [0.4, 0.5) is 0 Å². The Kier molecular flexibility index (Phi) is 7.16. The van der Waals surface area contributed by atoms with Crippen molar-refractivity contribution in [2.75, 3.05) is 0 Å². The zero-order valence-corrected chi connectivity index (χ0v) is 29.6. The molecule has 0 spiro atoms. The van der Waals surface area contributed by atoms with Gasteiger partial charge in [-0.2, -0.15) is 0 Å². The van der Waals surface area contributed by atoms with Gasteiger partial charge in [-0.05, 0) is 96.4 Å². The number of nitrogens with zero attached hydrogens (tertiary/aromatic N) is 3. The van der Waals surface area contributed by atoms with Gasteiger partial charge in [0, 0.05) is 22.1 Å². The van der Waals surface area contributed by atoms with E-state index in [9.17, 15) is 0 Å². The van der Waals surface area contributed by atoms with Crippen molar-refractivity contribution in [3.05, 3.63) is 187 Å². The van der Waals surface area contributed by atoms with E-state index in [-0.39, 0.29) is 5.41 Å². The summed E-state index contributed by atoms with van der Waals surface area (Å²) in [5.74, 6) is 1.93. The summed E-state index contributed by atoms with van der Waals surface area (Å²) in [6, 6.07) is 62.6. The summed E-state index contributed by atoms with van der Waals surface area (Å²) in [5, 5.41) is 4.85. The van der Waals surface area contributed by atoms with Crippen LogP contribution < -0.4 is 0 Å². The van der Waals surface area contributed by atoms with Gasteiger partial charge in [0.15, 0.2) is 17.5 Å². The molecule has 1 aromatic heterocycles. The van der Waals surface area contributed by atoms with Crippen molar-refractivity contribution in [1.82, 2.24) is 15.0 Å². The maximum atomic E-state index is 5.19. The Bertz CT molecular complexity index is 2750. The molecule has 10 rings (SSSR count). The molecule has 0 fully saturated rings. The van der Waals surface area contributed by atoms with Gasteiger partial charge >= 0.3 is 0 Å². The van der Waals surface area contributed by atoms with Crippen LogP contribution in [0.5, 0.6) is 0 Å². The van der Waals surface area contributed by atoms with Crippen molar-refractivity contribution in [2.45, 2.75) is 19.3 Å². The van der Waals surface area contributed by atoms with E-state index in [1.807, 2.05) is 12.1 Å². The fourth-order valence-electron chi connectivity index (χ4n) is 8.09. The van der Waals surface area contributed by atoms with Gasteiger partial charge in [0.1, 0.15) is 0 Å². The highest BCUT2D eigenvalue weighted by Gasteiger charge is 2.35. The number of fused-ring (bicyclic) bond motifs is 6. The fourth-order valence-corrected chi connectivity index (χ4v) is 8.09. The van der Waals surface area contributed by atoms with Crippen LogP contribution in [0.3, 0.4) is 0 Å². The second-order valence-electron chi connectivity index (χ2n) is 14.5. The third-order valence-electron chi connectivity index (χ3n) is 10.9. The van der Waals surface area contributed by atoms with Crippen LogP contribution in [-0.4, -0.2) is 15.0 Å². The summed E-state index contributed by atoms with van der Waals surface area (Å²) >= 11 is 0. The average molecular weight is 678 g/mol. The van der Waals surface area contributed by atoms with Crippen molar-refractivity contribution in [2.24, 2.45) is 0 Å². The van der Waals surface area contributed by atoms with Gasteiger partial charge in [-0.1, -0.05) is 159 Å². The van der Waals surface area contributed by atoms with E-state index in [1.165, 1.54) is 43.8 Å². The second kappa shape index (κ2) is 12.2. The van der Waals surface area contributed by atoms with E-state index in [1.54, 1.807) is 0 Å². The Labute approximate surface area is 309 Å². The Balaban J connectivity index is 1.16. The normalized spacial score (nSPS) is 12.9. The predicted octanol–water partition coefficient (Wildman–Crippen LogP) is 12.8. The minimum Gasteiger partial charge on any atom is -0.208 e. The topological polar surface area (TPSA) is 38.7 Å². The highest BCUT2D eigenvalue weighted by Crippen LogP contribution is 2.50. The summed E-state index contributed by atoms with van der Waals surface area (Å²) in [5.41, 5.74) is 12.7. The molecule has 1 aliphatic carbocycles. The minimum atomic E-state index is -0.0829. The Morgan fingerprint density at radius 2 is 0.792 bits per heavy atom. The molecule has 0 aliphatic heterocycles. The molecule has 0 unspecified atom stereocenters. The lowest BCUT2D eigenvalue weighted by Crippen LogP contribution is -2.14. The molecule has 53 heavy (non-hydrogen) atoms. The van der Waals surface area contributed by atoms with Crippen molar-refractivity contribution < 1.29 is 0 Å². The summed E-state index contributed by atoms with van der Waals surface area (Å²) < 4.78 is 0. The first-order valence-corrected chi connectivity index (χ1v) is 18.2. The molecule has 3 nitrogen and oxygen atoms in total. The molecule has 8 aromatic carbocycles.